The molecule has 29 heavy (non-hydrogen) atoms. The molecule has 0 aliphatic heterocycles. The number of halogens is 4. The highest BCUT2D eigenvalue weighted by molar-refractivity contribution is 6.34. The van der Waals surface area contributed by atoms with Crippen molar-refractivity contribution >= 4 is 23.2 Å². The first kappa shape index (κ1) is 20.5. The summed E-state index contributed by atoms with van der Waals surface area (Å²) >= 11 is 5.91. The smallest absolute Gasteiger partial charge is 0.387 e. The van der Waals surface area contributed by atoms with E-state index in [9.17, 15) is 18.0 Å². The molecule has 0 fully saturated rings. The third kappa shape index (κ3) is 5.00. The van der Waals surface area contributed by atoms with Gasteiger partial charge < -0.3 is 14.8 Å². The van der Waals surface area contributed by atoms with Gasteiger partial charge in [0.05, 0.1) is 17.7 Å². The predicted octanol–water partition coefficient (Wildman–Crippen LogP) is 6.01. The number of hydrogen-bond acceptors (Lipinski definition) is 3. The molecule has 0 spiro atoms. The lowest BCUT2D eigenvalue weighted by Gasteiger charge is -2.14. The van der Waals surface area contributed by atoms with E-state index in [2.05, 4.69) is 10.1 Å². The van der Waals surface area contributed by atoms with E-state index in [1.807, 2.05) is 0 Å². The summed E-state index contributed by atoms with van der Waals surface area (Å²) in [6.07, 6.45) is 0. The van der Waals surface area contributed by atoms with Crippen LogP contribution in [0.3, 0.4) is 0 Å². The maximum absolute atomic E-state index is 13.2. The summed E-state index contributed by atoms with van der Waals surface area (Å²) in [5.74, 6) is -0.594. The maximum atomic E-state index is 13.2. The lowest BCUT2D eigenvalue weighted by Crippen LogP contribution is -2.13. The van der Waals surface area contributed by atoms with Crippen LogP contribution in [0.15, 0.2) is 60.7 Å². The fraction of sp³-hybridized carbons (Fsp3) is 0.0952. The van der Waals surface area contributed by atoms with Crippen molar-refractivity contribution < 1.29 is 27.4 Å². The van der Waals surface area contributed by atoms with Crippen LogP contribution in [0.2, 0.25) is 5.02 Å². The second-order valence-electron chi connectivity index (χ2n) is 5.90. The Morgan fingerprint density at radius 1 is 1.03 bits per heavy atom. The lowest BCUT2D eigenvalue weighted by molar-refractivity contribution is -0.0494. The summed E-state index contributed by atoms with van der Waals surface area (Å²) in [6.45, 7) is -3.01. The topological polar surface area (TPSA) is 47.6 Å². The molecule has 0 aliphatic carbocycles. The monoisotopic (exact) mass is 421 g/mol. The fourth-order valence-electron chi connectivity index (χ4n) is 2.67. The summed E-state index contributed by atoms with van der Waals surface area (Å²) in [6, 6.07) is 14.3. The minimum absolute atomic E-state index is 0.0458. The van der Waals surface area contributed by atoms with E-state index >= 15 is 0 Å². The number of carbonyl (C=O) groups excluding carboxylic acids is 1. The molecule has 0 heterocycles. The largest absolute Gasteiger partial charge is 0.497 e. The van der Waals surface area contributed by atoms with Crippen molar-refractivity contribution in [2.75, 3.05) is 12.4 Å². The van der Waals surface area contributed by atoms with E-state index in [0.717, 1.165) is 12.1 Å². The second kappa shape index (κ2) is 8.87. The number of benzene rings is 3. The first-order chi connectivity index (χ1) is 13.9. The minimum Gasteiger partial charge on any atom is -0.497 e. The van der Waals surface area contributed by atoms with Crippen molar-refractivity contribution in [1.29, 1.82) is 0 Å². The van der Waals surface area contributed by atoms with Crippen LogP contribution in [0.5, 0.6) is 11.5 Å². The summed E-state index contributed by atoms with van der Waals surface area (Å²) in [7, 11) is 1.51. The van der Waals surface area contributed by atoms with E-state index in [1.54, 1.807) is 24.3 Å². The summed E-state index contributed by atoms with van der Waals surface area (Å²) in [5.41, 5.74) is 1.32. The molecule has 0 aliphatic rings. The van der Waals surface area contributed by atoms with E-state index in [1.165, 1.54) is 31.4 Å². The van der Waals surface area contributed by atoms with Crippen molar-refractivity contribution in [2.45, 2.75) is 6.61 Å². The molecular formula is C21H15ClF3NO3. The predicted molar refractivity (Wildman–Crippen MR) is 104 cm³/mol. The molecule has 1 amide bonds. The average molecular weight is 422 g/mol. The van der Waals surface area contributed by atoms with Gasteiger partial charge in [0.15, 0.2) is 0 Å². The van der Waals surface area contributed by atoms with E-state index in [0.29, 0.717) is 22.6 Å². The quantitative estimate of drug-likeness (QED) is 0.530. The zero-order valence-electron chi connectivity index (χ0n) is 15.1. The highest BCUT2D eigenvalue weighted by Crippen LogP contribution is 2.35. The number of amides is 1. The van der Waals surface area contributed by atoms with Crippen LogP contribution in [0.1, 0.15) is 10.4 Å². The molecule has 3 rings (SSSR count). The van der Waals surface area contributed by atoms with Crippen molar-refractivity contribution in [1.82, 2.24) is 0 Å². The molecular weight excluding hydrogens is 407 g/mol. The molecule has 0 aromatic heterocycles. The van der Waals surface area contributed by atoms with Gasteiger partial charge in [0.2, 0.25) is 0 Å². The number of rotatable bonds is 6. The molecule has 3 aromatic rings. The van der Waals surface area contributed by atoms with Gasteiger partial charge in [-0.05, 0) is 54.1 Å². The van der Waals surface area contributed by atoms with Crippen LogP contribution < -0.4 is 14.8 Å². The van der Waals surface area contributed by atoms with Gasteiger partial charge in [-0.25, -0.2) is 4.39 Å². The Labute approximate surface area is 169 Å². The van der Waals surface area contributed by atoms with Crippen LogP contribution in [0.25, 0.3) is 11.1 Å². The number of nitrogens with one attached hydrogen (secondary N) is 1. The van der Waals surface area contributed by atoms with E-state index in [4.69, 9.17) is 16.3 Å². The van der Waals surface area contributed by atoms with E-state index < -0.39 is 18.3 Å². The van der Waals surface area contributed by atoms with Crippen molar-refractivity contribution in [3.8, 4) is 22.6 Å². The number of alkyl halides is 2. The second-order valence-corrected chi connectivity index (χ2v) is 6.30. The molecule has 0 unspecified atom stereocenters. The number of hydrogen-bond donors (Lipinski definition) is 1. The Hall–Kier alpha value is -3.19. The van der Waals surface area contributed by atoms with Crippen LogP contribution in [0.4, 0.5) is 18.9 Å². The number of methoxy groups -OCH3 is 1. The van der Waals surface area contributed by atoms with Gasteiger partial charge in [-0.15, -0.1) is 0 Å². The van der Waals surface area contributed by atoms with Gasteiger partial charge >= 0.3 is 6.61 Å². The molecule has 0 bridgehead atoms. The molecule has 0 radical (unpaired) electrons. The molecule has 0 atom stereocenters. The highest BCUT2D eigenvalue weighted by atomic mass is 35.5. The third-order valence-electron chi connectivity index (χ3n) is 4.03. The SMILES string of the molecule is COc1ccc(-c2cc(NC(=O)c3ccc(F)cc3Cl)ccc2OC(F)F)cc1. The summed E-state index contributed by atoms with van der Waals surface area (Å²) < 4.78 is 48.4. The van der Waals surface area contributed by atoms with Crippen molar-refractivity contribution in [3.63, 3.8) is 0 Å². The number of anilines is 1. The first-order valence-corrected chi connectivity index (χ1v) is 8.75. The molecule has 0 saturated carbocycles. The molecule has 4 nitrogen and oxygen atoms in total. The van der Waals surface area contributed by atoms with Gasteiger partial charge in [0.25, 0.3) is 5.91 Å². The third-order valence-corrected chi connectivity index (χ3v) is 4.34. The number of ether oxygens (including phenoxy) is 2. The van der Waals surface area contributed by atoms with Crippen molar-refractivity contribution in [2.24, 2.45) is 0 Å². The first-order valence-electron chi connectivity index (χ1n) is 8.37. The normalized spacial score (nSPS) is 10.7. The Bertz CT molecular complexity index is 1030. The maximum Gasteiger partial charge on any atom is 0.387 e. The Morgan fingerprint density at radius 3 is 2.38 bits per heavy atom. The van der Waals surface area contributed by atoms with Gasteiger partial charge in [-0.1, -0.05) is 23.7 Å². The summed E-state index contributed by atoms with van der Waals surface area (Å²) in [5, 5.41) is 2.57. The molecule has 0 saturated heterocycles. The van der Waals surface area contributed by atoms with Gasteiger partial charge in [-0.2, -0.15) is 8.78 Å². The molecule has 1 N–H and O–H groups in total. The summed E-state index contributed by atoms with van der Waals surface area (Å²) in [4.78, 5) is 12.5. The highest BCUT2D eigenvalue weighted by Gasteiger charge is 2.15. The molecule has 3 aromatic carbocycles. The lowest BCUT2D eigenvalue weighted by atomic mass is 10.0. The van der Waals surface area contributed by atoms with Crippen LogP contribution in [0, 0.1) is 5.82 Å². The minimum atomic E-state index is -3.01. The number of carbonyl (C=O) groups is 1. The van der Waals surface area contributed by atoms with Gasteiger partial charge in [-0.3, -0.25) is 4.79 Å². The Balaban J connectivity index is 1.94. The van der Waals surface area contributed by atoms with Gasteiger partial charge in [0, 0.05) is 11.3 Å². The van der Waals surface area contributed by atoms with Crippen molar-refractivity contribution in [3.05, 3.63) is 77.1 Å². The zero-order valence-corrected chi connectivity index (χ0v) is 15.8. The fourth-order valence-corrected chi connectivity index (χ4v) is 2.93. The molecule has 8 heteroatoms. The standard InChI is InChI=1S/C21H15ClF3NO3/c1-28-15-6-2-12(3-7-15)17-11-14(5-9-19(17)29-21(24)25)26-20(27)16-8-4-13(23)10-18(16)22/h2-11,21H,1H3,(H,26,27). The Kier molecular flexibility index (Phi) is 6.29. The molecule has 150 valence electrons. The van der Waals surface area contributed by atoms with E-state index in [-0.39, 0.29) is 16.3 Å². The van der Waals surface area contributed by atoms with Crippen LogP contribution in [-0.4, -0.2) is 19.6 Å². The Morgan fingerprint density at radius 2 is 1.76 bits per heavy atom. The zero-order chi connectivity index (χ0) is 21.0. The van der Waals surface area contributed by atoms with Gasteiger partial charge in [0.1, 0.15) is 17.3 Å². The van der Waals surface area contributed by atoms with Crippen LogP contribution in [-0.2, 0) is 0 Å². The van der Waals surface area contributed by atoms with Crippen LogP contribution >= 0.6 is 11.6 Å². The average Bonchev–Trinajstić information content (AvgIpc) is 2.68.